The molecule has 1 heterocycles. The van der Waals surface area contributed by atoms with E-state index in [1.54, 1.807) is 0 Å². The number of unbranched alkanes of at least 4 members (excludes halogenated alkanes) is 30. The number of esters is 2. The first-order chi connectivity index (χ1) is 29.3. The Kier molecular flexibility index (Phi) is 39.0. The number of ether oxygens (including phenoxy) is 4. The van der Waals surface area contributed by atoms with Crippen LogP contribution in [0.15, 0.2) is 12.2 Å². The van der Waals surface area contributed by atoms with Gasteiger partial charge in [-0.15, -0.1) is 0 Å². The lowest BCUT2D eigenvalue weighted by atomic mass is 9.99. The predicted molar refractivity (Wildman–Crippen MR) is 243 cm³/mol. The van der Waals surface area contributed by atoms with Crippen molar-refractivity contribution in [3.05, 3.63) is 12.2 Å². The molecule has 0 aromatic carbocycles. The Labute approximate surface area is 367 Å². The molecule has 0 saturated carbocycles. The molecule has 0 aliphatic carbocycles. The summed E-state index contributed by atoms with van der Waals surface area (Å²) in [5.74, 6) is -0.811. The average molecular weight is 855 g/mol. The number of aliphatic hydroxyl groups is 4. The van der Waals surface area contributed by atoms with Crippen molar-refractivity contribution in [2.45, 2.75) is 275 Å². The molecule has 0 spiro atoms. The lowest BCUT2D eigenvalue weighted by Gasteiger charge is -2.39. The normalized spacial score (nSPS) is 19.9. The minimum absolute atomic E-state index is 0.214. The summed E-state index contributed by atoms with van der Waals surface area (Å²) in [6.45, 7) is 3.45. The van der Waals surface area contributed by atoms with Crippen LogP contribution in [0, 0.1) is 0 Å². The minimum atomic E-state index is -1.59. The zero-order valence-electron chi connectivity index (χ0n) is 38.7. The Morgan fingerprint density at radius 1 is 0.500 bits per heavy atom. The van der Waals surface area contributed by atoms with E-state index in [0.29, 0.717) is 6.42 Å². The van der Waals surface area contributed by atoms with Crippen molar-refractivity contribution in [1.82, 2.24) is 0 Å². The second-order valence-corrected chi connectivity index (χ2v) is 17.6. The highest BCUT2D eigenvalue weighted by atomic mass is 16.7. The molecule has 60 heavy (non-hydrogen) atoms. The van der Waals surface area contributed by atoms with Gasteiger partial charge in [-0.3, -0.25) is 9.59 Å². The summed E-state index contributed by atoms with van der Waals surface area (Å²) in [7, 11) is 0. The van der Waals surface area contributed by atoms with Gasteiger partial charge in [0.15, 0.2) is 12.4 Å². The van der Waals surface area contributed by atoms with Crippen molar-refractivity contribution in [2.24, 2.45) is 0 Å². The van der Waals surface area contributed by atoms with Crippen LogP contribution < -0.4 is 0 Å². The summed E-state index contributed by atoms with van der Waals surface area (Å²) in [6, 6.07) is 0. The van der Waals surface area contributed by atoms with Crippen molar-refractivity contribution in [2.75, 3.05) is 19.8 Å². The van der Waals surface area contributed by atoms with Gasteiger partial charge in [0, 0.05) is 12.8 Å². The first-order valence-electron chi connectivity index (χ1n) is 25.3. The SMILES string of the molecule is CCCCCCCCCC/C=C/CCCCCC(=O)O[C@@H](COC(=O)CCCCCCCCCCCCCCCCCCCCCC)CO[C@H]1O[C@@H](CO)[C@@H](O)C(O)C1O. The largest absolute Gasteiger partial charge is 0.462 e. The Morgan fingerprint density at radius 3 is 1.32 bits per heavy atom. The van der Waals surface area contributed by atoms with Gasteiger partial charge in [-0.2, -0.15) is 0 Å². The highest BCUT2D eigenvalue weighted by molar-refractivity contribution is 5.70. The number of rotatable bonds is 43. The first-order valence-corrected chi connectivity index (χ1v) is 25.3. The van der Waals surface area contributed by atoms with E-state index in [1.807, 2.05) is 0 Å². The van der Waals surface area contributed by atoms with Crippen LogP contribution >= 0.6 is 0 Å². The third-order valence-corrected chi connectivity index (χ3v) is 11.9. The van der Waals surface area contributed by atoms with Crippen LogP contribution in [0.5, 0.6) is 0 Å². The highest BCUT2D eigenvalue weighted by Gasteiger charge is 2.44. The molecular weight excluding hydrogens is 761 g/mol. The fourth-order valence-electron chi connectivity index (χ4n) is 7.89. The molecule has 1 aliphatic rings. The van der Waals surface area contributed by atoms with Crippen LogP contribution in [0.1, 0.15) is 239 Å². The van der Waals surface area contributed by atoms with Gasteiger partial charge in [-0.25, -0.2) is 0 Å². The molecule has 0 aromatic heterocycles. The maximum Gasteiger partial charge on any atom is 0.306 e. The number of hydrogen-bond donors (Lipinski definition) is 4. The van der Waals surface area contributed by atoms with Crippen LogP contribution in [0.3, 0.4) is 0 Å². The van der Waals surface area contributed by atoms with Gasteiger partial charge < -0.3 is 39.4 Å². The molecule has 2 unspecified atom stereocenters. The van der Waals surface area contributed by atoms with Gasteiger partial charge in [0.05, 0.1) is 13.2 Å². The molecule has 0 bridgehead atoms. The third-order valence-electron chi connectivity index (χ3n) is 11.9. The molecule has 1 saturated heterocycles. The van der Waals surface area contributed by atoms with Gasteiger partial charge in [0.2, 0.25) is 0 Å². The summed E-state index contributed by atoms with van der Waals surface area (Å²) in [6.07, 6.45) is 37.9. The maximum atomic E-state index is 12.8. The fourth-order valence-corrected chi connectivity index (χ4v) is 7.89. The minimum Gasteiger partial charge on any atom is -0.462 e. The standard InChI is InChI=1S/C50H94O10/c1-3-5-7-9-11-13-15-17-19-20-21-22-23-25-26-28-30-32-34-36-38-45(52)57-41-43(42-58-50-49(56)48(55)47(54)44(40-51)60-50)59-46(53)39-37-35-33-31-29-27-24-18-16-14-12-10-8-6-4-2/h27,29,43-44,47-51,54-56H,3-26,28,30-42H2,1-2H3/b29-27+/t43-,44-,47+,48?,49?,50-/m0/s1. The van der Waals surface area contributed by atoms with Crippen LogP contribution in [-0.2, 0) is 28.5 Å². The van der Waals surface area contributed by atoms with Crippen molar-refractivity contribution in [3.63, 3.8) is 0 Å². The second kappa shape index (κ2) is 41.5. The zero-order valence-corrected chi connectivity index (χ0v) is 38.7. The molecule has 1 aliphatic heterocycles. The van der Waals surface area contributed by atoms with E-state index in [9.17, 15) is 30.0 Å². The van der Waals surface area contributed by atoms with Gasteiger partial charge in [0.25, 0.3) is 0 Å². The van der Waals surface area contributed by atoms with Gasteiger partial charge in [0.1, 0.15) is 31.0 Å². The van der Waals surface area contributed by atoms with Crippen molar-refractivity contribution >= 4 is 11.9 Å². The molecule has 10 heteroatoms. The number of carbonyl (C=O) groups is 2. The number of allylic oxidation sites excluding steroid dienone is 2. The van der Waals surface area contributed by atoms with Crippen LogP contribution in [0.4, 0.5) is 0 Å². The molecule has 0 amide bonds. The highest BCUT2D eigenvalue weighted by Crippen LogP contribution is 2.23. The number of carbonyl (C=O) groups excluding carboxylic acids is 2. The summed E-state index contributed by atoms with van der Waals surface area (Å²) in [5, 5.41) is 40.1. The molecule has 1 fully saturated rings. The summed E-state index contributed by atoms with van der Waals surface area (Å²) in [5.41, 5.74) is 0. The molecule has 354 valence electrons. The Hall–Kier alpha value is -1.56. The molecule has 1 rings (SSSR count). The van der Waals surface area contributed by atoms with E-state index in [1.165, 1.54) is 161 Å². The topological polar surface area (TPSA) is 152 Å². The molecule has 4 N–H and O–H groups in total. The lowest BCUT2D eigenvalue weighted by Crippen LogP contribution is -2.59. The molecular formula is C50H94O10. The van der Waals surface area contributed by atoms with E-state index in [0.717, 1.165) is 44.9 Å². The third kappa shape index (κ3) is 32.2. The van der Waals surface area contributed by atoms with Crippen molar-refractivity contribution < 1.29 is 49.0 Å². The Balaban J connectivity index is 2.25. The molecule has 6 atom stereocenters. The lowest BCUT2D eigenvalue weighted by molar-refractivity contribution is -0.305. The van der Waals surface area contributed by atoms with E-state index in [2.05, 4.69) is 26.0 Å². The van der Waals surface area contributed by atoms with E-state index in [-0.39, 0.29) is 32.0 Å². The van der Waals surface area contributed by atoms with Crippen LogP contribution in [-0.4, -0.2) is 89.0 Å². The Morgan fingerprint density at radius 2 is 0.883 bits per heavy atom. The number of aliphatic hydroxyl groups excluding tert-OH is 4. The zero-order chi connectivity index (χ0) is 43.7. The fraction of sp³-hybridized carbons (Fsp3) is 0.920. The van der Waals surface area contributed by atoms with Crippen molar-refractivity contribution in [1.29, 1.82) is 0 Å². The smallest absolute Gasteiger partial charge is 0.306 e. The Bertz CT molecular complexity index is 990. The molecule has 10 nitrogen and oxygen atoms in total. The van der Waals surface area contributed by atoms with Gasteiger partial charge >= 0.3 is 11.9 Å². The van der Waals surface area contributed by atoms with E-state index in [4.69, 9.17) is 18.9 Å². The average Bonchev–Trinajstić information content (AvgIpc) is 3.25. The van der Waals surface area contributed by atoms with E-state index < -0.39 is 49.4 Å². The van der Waals surface area contributed by atoms with Crippen molar-refractivity contribution in [3.8, 4) is 0 Å². The molecule has 0 radical (unpaired) electrons. The predicted octanol–water partition coefficient (Wildman–Crippen LogP) is 11.5. The second-order valence-electron chi connectivity index (χ2n) is 17.6. The molecule has 0 aromatic rings. The summed E-state index contributed by atoms with van der Waals surface area (Å²) >= 11 is 0. The van der Waals surface area contributed by atoms with Gasteiger partial charge in [-0.1, -0.05) is 199 Å². The quantitative estimate of drug-likeness (QED) is 0.0265. The number of hydrogen-bond acceptors (Lipinski definition) is 10. The summed E-state index contributed by atoms with van der Waals surface area (Å²) in [4.78, 5) is 25.4. The van der Waals surface area contributed by atoms with Crippen LogP contribution in [0.25, 0.3) is 0 Å². The maximum absolute atomic E-state index is 12.8. The summed E-state index contributed by atoms with van der Waals surface area (Å²) < 4.78 is 22.2. The monoisotopic (exact) mass is 855 g/mol. The van der Waals surface area contributed by atoms with Gasteiger partial charge in [-0.05, 0) is 38.5 Å². The first kappa shape index (κ1) is 56.5. The van der Waals surface area contributed by atoms with E-state index >= 15 is 0 Å². The van der Waals surface area contributed by atoms with Crippen LogP contribution in [0.2, 0.25) is 0 Å².